The molecule has 226 valence electrons. The highest BCUT2D eigenvalue weighted by Crippen LogP contribution is 2.28. The van der Waals surface area contributed by atoms with E-state index in [1.807, 2.05) is 28.8 Å². The Balaban J connectivity index is 0.000000559. The minimum absolute atomic E-state index is 0.147. The van der Waals surface area contributed by atoms with Gasteiger partial charge in [-0.05, 0) is 85.6 Å². The van der Waals surface area contributed by atoms with Gasteiger partial charge in [0.1, 0.15) is 5.75 Å². The van der Waals surface area contributed by atoms with Gasteiger partial charge in [-0.3, -0.25) is 9.78 Å². The van der Waals surface area contributed by atoms with E-state index in [1.54, 1.807) is 13.3 Å². The van der Waals surface area contributed by atoms with Gasteiger partial charge in [0.2, 0.25) is 0 Å². The number of nitrogens with zero attached hydrogens (tertiary/aromatic N) is 3. The second-order valence-electron chi connectivity index (χ2n) is 11.0. The Morgan fingerprint density at radius 2 is 1.84 bits per heavy atom. The van der Waals surface area contributed by atoms with Crippen molar-refractivity contribution in [2.75, 3.05) is 26.7 Å². The number of para-hydroxylation sites is 1. The third-order valence-corrected chi connectivity index (χ3v) is 8.22. The second-order valence-corrected chi connectivity index (χ2v) is 11.0. The molecule has 0 radical (unpaired) electrons. The molecule has 2 aromatic carbocycles. The smallest absolute Gasteiger partial charge is 0.414 e. The fourth-order valence-corrected chi connectivity index (χ4v) is 6.03. The van der Waals surface area contributed by atoms with Gasteiger partial charge in [-0.2, -0.15) is 0 Å². The Bertz CT molecular complexity index is 1680. The van der Waals surface area contributed by atoms with Crippen molar-refractivity contribution < 1.29 is 29.6 Å². The Labute approximate surface area is 248 Å². The van der Waals surface area contributed by atoms with Crippen LogP contribution in [0.4, 0.5) is 0 Å². The number of carbonyl (C=O) groups is 2. The number of nitrogens with one attached hydrogen (secondary N) is 1. The van der Waals surface area contributed by atoms with Crippen LogP contribution < -0.4 is 15.6 Å². The summed E-state index contributed by atoms with van der Waals surface area (Å²) in [5, 5.41) is 31.6. The number of carboxylic acids is 2. The first-order valence-electron chi connectivity index (χ1n) is 14.4. The van der Waals surface area contributed by atoms with Crippen molar-refractivity contribution in [3.63, 3.8) is 0 Å². The molecule has 2 aliphatic rings. The Morgan fingerprint density at radius 3 is 2.56 bits per heavy atom. The highest BCUT2D eigenvalue weighted by Gasteiger charge is 2.23. The molecule has 6 rings (SSSR count). The van der Waals surface area contributed by atoms with Crippen LogP contribution in [0.25, 0.3) is 21.8 Å². The fraction of sp³-hybridized carbons (Fsp3) is 0.375. The van der Waals surface area contributed by atoms with E-state index in [9.17, 15) is 9.90 Å². The number of carboxylic acid groups (broad SMARTS) is 2. The lowest BCUT2D eigenvalue weighted by atomic mass is 9.99. The standard InChI is InChI=1S/C30H34N4O3.C2H2O4/c1-37-24-7-8-27-26(17-24)25(9-12-31-27)28(35)19-33-14-10-23(11-15-33)32-18-22-16-21-5-2-4-20-6-3-13-34(29(20)21)30(22)36;3-1(4)2(5)6/h2,4-5,7-9,12,16-17,23,28,32,35H,3,6,10-11,13-15,18-19H2,1H3;(H,3,4)(H,5,6)/t28-;/m0./s1. The number of aliphatic hydroxyl groups excluding tert-OH is 1. The minimum Gasteiger partial charge on any atom is -0.497 e. The maximum absolute atomic E-state index is 13.2. The van der Waals surface area contributed by atoms with Gasteiger partial charge in [-0.1, -0.05) is 18.2 Å². The average molecular weight is 589 g/mol. The number of aryl methyl sites for hydroxylation is 2. The zero-order valence-electron chi connectivity index (χ0n) is 24.0. The summed E-state index contributed by atoms with van der Waals surface area (Å²) in [6, 6.07) is 16.5. The van der Waals surface area contributed by atoms with E-state index in [-0.39, 0.29) is 5.56 Å². The van der Waals surface area contributed by atoms with Crippen LogP contribution in [-0.2, 0) is 29.1 Å². The molecule has 0 amide bonds. The summed E-state index contributed by atoms with van der Waals surface area (Å²) in [5.74, 6) is -2.89. The van der Waals surface area contributed by atoms with Crippen LogP contribution >= 0.6 is 0 Å². The van der Waals surface area contributed by atoms with Gasteiger partial charge in [-0.25, -0.2) is 9.59 Å². The Hall–Kier alpha value is -4.32. The van der Waals surface area contributed by atoms with Gasteiger partial charge in [-0.15, -0.1) is 0 Å². The molecule has 4 aromatic rings. The Kier molecular flexibility index (Phi) is 9.34. The number of fused-ring (bicyclic) bond motifs is 1. The molecule has 0 unspecified atom stereocenters. The van der Waals surface area contributed by atoms with Crippen LogP contribution in [-0.4, -0.2) is 74.5 Å². The molecular formula is C32H36N4O7. The van der Waals surface area contributed by atoms with Crippen molar-refractivity contribution in [1.82, 2.24) is 19.8 Å². The van der Waals surface area contributed by atoms with Crippen molar-refractivity contribution in [2.24, 2.45) is 0 Å². The molecule has 4 N–H and O–H groups in total. The van der Waals surface area contributed by atoms with Crippen LogP contribution in [0.15, 0.2) is 59.5 Å². The molecule has 0 spiro atoms. The van der Waals surface area contributed by atoms with Crippen molar-refractivity contribution in [3.8, 4) is 5.75 Å². The van der Waals surface area contributed by atoms with Crippen LogP contribution in [0.2, 0.25) is 0 Å². The molecule has 43 heavy (non-hydrogen) atoms. The maximum atomic E-state index is 13.2. The van der Waals surface area contributed by atoms with E-state index in [1.165, 1.54) is 10.9 Å². The molecule has 2 aliphatic heterocycles. The summed E-state index contributed by atoms with van der Waals surface area (Å²) in [6.07, 6.45) is 5.21. The van der Waals surface area contributed by atoms with Crippen LogP contribution in [0.3, 0.4) is 0 Å². The minimum atomic E-state index is -1.82. The molecule has 0 saturated carbocycles. The zero-order valence-corrected chi connectivity index (χ0v) is 24.0. The number of pyridine rings is 2. The summed E-state index contributed by atoms with van der Waals surface area (Å²) < 4.78 is 7.36. The monoisotopic (exact) mass is 588 g/mol. The number of ether oxygens (including phenoxy) is 1. The lowest BCUT2D eigenvalue weighted by molar-refractivity contribution is -0.159. The summed E-state index contributed by atoms with van der Waals surface area (Å²) in [5.41, 5.74) is 5.14. The highest BCUT2D eigenvalue weighted by atomic mass is 16.5. The van der Waals surface area contributed by atoms with E-state index in [0.29, 0.717) is 19.1 Å². The fourth-order valence-electron chi connectivity index (χ4n) is 6.03. The topological polar surface area (TPSA) is 154 Å². The van der Waals surface area contributed by atoms with Crippen LogP contribution in [0.1, 0.15) is 42.1 Å². The first kappa shape index (κ1) is 30.1. The number of hydrogen-bond acceptors (Lipinski definition) is 8. The number of β-amino-alcohol motifs (C(OH)–C–C–N with tert-alkyl or cyclic N) is 1. The lowest BCUT2D eigenvalue weighted by Gasteiger charge is -2.34. The molecule has 1 fully saturated rings. The second kappa shape index (κ2) is 13.3. The summed E-state index contributed by atoms with van der Waals surface area (Å²) in [6.45, 7) is 3.80. The molecule has 0 bridgehead atoms. The number of aliphatic hydroxyl groups is 1. The van der Waals surface area contributed by atoms with Gasteiger partial charge in [0.05, 0.1) is 24.2 Å². The number of aromatic nitrogens is 2. The van der Waals surface area contributed by atoms with Crippen molar-refractivity contribution in [2.45, 2.75) is 50.9 Å². The summed E-state index contributed by atoms with van der Waals surface area (Å²) in [4.78, 5) is 38.1. The molecule has 4 heterocycles. The highest BCUT2D eigenvalue weighted by molar-refractivity contribution is 6.27. The van der Waals surface area contributed by atoms with E-state index in [0.717, 1.165) is 78.6 Å². The molecule has 11 nitrogen and oxygen atoms in total. The third-order valence-electron chi connectivity index (χ3n) is 8.22. The van der Waals surface area contributed by atoms with Gasteiger partial charge in [0.15, 0.2) is 0 Å². The largest absolute Gasteiger partial charge is 0.497 e. The first-order chi connectivity index (χ1) is 20.7. The number of methoxy groups -OCH3 is 1. The van der Waals surface area contributed by atoms with Crippen LogP contribution in [0.5, 0.6) is 5.75 Å². The number of hydrogen-bond donors (Lipinski definition) is 4. The molecule has 2 aromatic heterocycles. The molecule has 0 aliphatic carbocycles. The van der Waals surface area contributed by atoms with Gasteiger partial charge >= 0.3 is 11.9 Å². The number of piperidine rings is 1. The normalized spacial score (nSPS) is 16.0. The number of likely N-dealkylation sites (tertiary alicyclic amines) is 1. The molecule has 11 heteroatoms. The van der Waals surface area contributed by atoms with Gasteiger partial charge < -0.3 is 34.8 Å². The average Bonchev–Trinajstić information content (AvgIpc) is 3.02. The maximum Gasteiger partial charge on any atom is 0.414 e. The SMILES string of the molecule is COc1ccc2nccc([C@@H](O)CN3CCC(NCc4cc5cccc6c5n(c4=O)CCC6)CC3)c2c1.O=C(O)C(=O)O. The Morgan fingerprint density at radius 1 is 1.07 bits per heavy atom. The summed E-state index contributed by atoms with van der Waals surface area (Å²) in [7, 11) is 1.65. The molecule has 1 atom stereocenters. The number of aliphatic carboxylic acids is 2. The lowest BCUT2D eigenvalue weighted by Crippen LogP contribution is -2.44. The molecule has 1 saturated heterocycles. The van der Waals surface area contributed by atoms with Crippen LogP contribution in [0, 0.1) is 0 Å². The third kappa shape index (κ3) is 6.85. The number of benzene rings is 2. The number of rotatable bonds is 7. The van der Waals surface area contributed by atoms with E-state index in [2.05, 4.69) is 39.5 Å². The van der Waals surface area contributed by atoms with Crippen molar-refractivity contribution in [1.29, 1.82) is 0 Å². The van der Waals surface area contributed by atoms with Crippen molar-refractivity contribution in [3.05, 3.63) is 81.8 Å². The summed E-state index contributed by atoms with van der Waals surface area (Å²) >= 11 is 0. The van der Waals surface area contributed by atoms with E-state index < -0.39 is 18.0 Å². The predicted octanol–water partition coefficient (Wildman–Crippen LogP) is 2.95. The first-order valence-corrected chi connectivity index (χ1v) is 14.4. The van der Waals surface area contributed by atoms with Gasteiger partial charge in [0, 0.05) is 42.8 Å². The predicted molar refractivity (Wildman–Crippen MR) is 161 cm³/mol. The van der Waals surface area contributed by atoms with Gasteiger partial charge in [0.25, 0.3) is 5.56 Å². The van der Waals surface area contributed by atoms with E-state index >= 15 is 0 Å². The zero-order chi connectivity index (χ0) is 30.5. The molecular weight excluding hydrogens is 552 g/mol. The van der Waals surface area contributed by atoms with Crippen molar-refractivity contribution >= 4 is 33.7 Å². The quantitative estimate of drug-likeness (QED) is 0.237. The van der Waals surface area contributed by atoms with E-state index in [4.69, 9.17) is 24.5 Å².